The third-order valence-corrected chi connectivity index (χ3v) is 3.16. The Morgan fingerprint density at radius 3 is 2.84 bits per heavy atom. The van der Waals surface area contributed by atoms with E-state index in [1.807, 2.05) is 12.1 Å². The minimum absolute atomic E-state index is 0.114. The van der Waals surface area contributed by atoms with Crippen molar-refractivity contribution >= 4 is 16.5 Å². The number of nitro benzene ring substituents is 1. The first-order valence-corrected chi connectivity index (χ1v) is 6.37. The second-order valence-corrected chi connectivity index (χ2v) is 4.59. The number of aromatic nitrogens is 1. The first-order valence-electron chi connectivity index (χ1n) is 6.37. The van der Waals surface area contributed by atoms with Gasteiger partial charge in [-0.15, -0.1) is 0 Å². The Balaban J connectivity index is 2.46. The van der Waals surface area contributed by atoms with E-state index < -0.39 is 0 Å². The van der Waals surface area contributed by atoms with E-state index in [0.717, 1.165) is 23.9 Å². The monoisotopic (exact) mass is 259 g/mol. The maximum atomic E-state index is 11.0. The van der Waals surface area contributed by atoms with Crippen LogP contribution in [0.5, 0.6) is 0 Å². The average molecular weight is 259 g/mol. The molecule has 0 fully saturated rings. The Hall–Kier alpha value is -2.01. The highest BCUT2D eigenvalue weighted by molar-refractivity contribution is 5.92. The molecule has 0 aliphatic carbocycles. The molecule has 100 valence electrons. The van der Waals surface area contributed by atoms with Gasteiger partial charge in [0.2, 0.25) is 0 Å². The topological polar surface area (TPSA) is 68.1 Å². The zero-order valence-electron chi connectivity index (χ0n) is 11.1. The molecule has 1 aromatic heterocycles. The van der Waals surface area contributed by atoms with E-state index in [0.29, 0.717) is 11.4 Å². The van der Waals surface area contributed by atoms with Gasteiger partial charge in [-0.1, -0.05) is 13.0 Å². The number of rotatable bonds is 5. The summed E-state index contributed by atoms with van der Waals surface area (Å²) in [5.74, 6) is 0. The smallest absolute Gasteiger partial charge is 0.278 e. The molecule has 0 bridgehead atoms. The van der Waals surface area contributed by atoms with Crippen molar-refractivity contribution in [1.29, 1.82) is 0 Å². The van der Waals surface area contributed by atoms with Crippen LogP contribution in [0.4, 0.5) is 5.69 Å². The summed E-state index contributed by atoms with van der Waals surface area (Å²) >= 11 is 0. The lowest BCUT2D eigenvalue weighted by Crippen LogP contribution is -2.27. The number of benzene rings is 1. The summed E-state index contributed by atoms with van der Waals surface area (Å²) < 4.78 is 0. The molecule has 1 heterocycles. The van der Waals surface area contributed by atoms with Crippen molar-refractivity contribution < 1.29 is 4.92 Å². The fraction of sp³-hybridized carbons (Fsp3) is 0.357. The number of likely N-dealkylation sites (N-methyl/N-ethyl adjacent to an activating group) is 1. The van der Waals surface area contributed by atoms with E-state index in [1.165, 1.54) is 0 Å². The van der Waals surface area contributed by atoms with Gasteiger partial charge in [-0.25, -0.2) is 0 Å². The molecule has 2 aromatic rings. The lowest BCUT2D eigenvalue weighted by molar-refractivity contribution is -0.383. The maximum Gasteiger partial charge on any atom is 0.278 e. The molecule has 0 saturated heterocycles. The Morgan fingerprint density at radius 1 is 1.37 bits per heavy atom. The first-order chi connectivity index (χ1) is 9.13. The summed E-state index contributed by atoms with van der Waals surface area (Å²) in [7, 11) is 0. The van der Waals surface area contributed by atoms with E-state index in [2.05, 4.69) is 24.1 Å². The number of fused-ring (bicyclic) bond motifs is 1. The Bertz CT molecular complexity index is 598. The second kappa shape index (κ2) is 5.75. The van der Waals surface area contributed by atoms with Gasteiger partial charge in [0.05, 0.1) is 10.3 Å². The van der Waals surface area contributed by atoms with E-state index in [9.17, 15) is 10.1 Å². The van der Waals surface area contributed by atoms with Gasteiger partial charge in [0.25, 0.3) is 5.69 Å². The van der Waals surface area contributed by atoms with Crippen molar-refractivity contribution in [2.45, 2.75) is 26.3 Å². The molecule has 0 radical (unpaired) electrons. The predicted molar refractivity (Wildman–Crippen MR) is 75.2 cm³/mol. The highest BCUT2D eigenvalue weighted by Gasteiger charge is 2.15. The number of hydrogen-bond acceptors (Lipinski definition) is 4. The van der Waals surface area contributed by atoms with Crippen molar-refractivity contribution in [3.63, 3.8) is 0 Å². The highest BCUT2D eigenvalue weighted by atomic mass is 16.6. The number of nitro groups is 1. The van der Waals surface area contributed by atoms with Crippen molar-refractivity contribution in [2.24, 2.45) is 0 Å². The van der Waals surface area contributed by atoms with Crippen LogP contribution in [0, 0.1) is 10.1 Å². The van der Waals surface area contributed by atoms with Crippen molar-refractivity contribution in [1.82, 2.24) is 10.3 Å². The third-order valence-electron chi connectivity index (χ3n) is 3.16. The summed E-state index contributed by atoms with van der Waals surface area (Å²) in [5.41, 5.74) is 1.22. The standard InChI is InChI=1S/C14H17N3O2/c1-3-16-10(2)8-11-4-5-14(17(18)19)13-9-15-7-6-12(11)13/h4-7,9-10,16H,3,8H2,1-2H3. The fourth-order valence-corrected chi connectivity index (χ4v) is 2.33. The minimum Gasteiger partial charge on any atom is -0.314 e. The first kappa shape index (κ1) is 13.4. The molecule has 0 aliphatic rings. The molecule has 0 aliphatic heterocycles. The molecule has 0 saturated carbocycles. The molecule has 5 nitrogen and oxygen atoms in total. The van der Waals surface area contributed by atoms with Crippen LogP contribution in [0.2, 0.25) is 0 Å². The van der Waals surface area contributed by atoms with Crippen LogP contribution in [0.25, 0.3) is 10.8 Å². The molecule has 2 rings (SSSR count). The Morgan fingerprint density at radius 2 is 2.16 bits per heavy atom. The fourth-order valence-electron chi connectivity index (χ4n) is 2.33. The summed E-state index contributed by atoms with van der Waals surface area (Å²) in [5, 5.41) is 15.9. The van der Waals surface area contributed by atoms with Gasteiger partial charge in [0, 0.05) is 24.5 Å². The molecule has 19 heavy (non-hydrogen) atoms. The van der Waals surface area contributed by atoms with Crippen LogP contribution in [-0.2, 0) is 6.42 Å². The maximum absolute atomic E-state index is 11.0. The quantitative estimate of drug-likeness (QED) is 0.662. The molecular weight excluding hydrogens is 242 g/mol. The van der Waals surface area contributed by atoms with Crippen LogP contribution in [0.3, 0.4) is 0 Å². The third kappa shape index (κ3) is 2.88. The number of nitrogens with zero attached hydrogens (tertiary/aromatic N) is 2. The minimum atomic E-state index is -0.360. The Labute approximate surface area is 111 Å². The molecule has 1 N–H and O–H groups in total. The summed E-state index contributed by atoms with van der Waals surface area (Å²) in [6, 6.07) is 5.59. The van der Waals surface area contributed by atoms with Gasteiger partial charge in [0.1, 0.15) is 0 Å². The van der Waals surface area contributed by atoms with Gasteiger partial charge in [0.15, 0.2) is 0 Å². The number of hydrogen-bond donors (Lipinski definition) is 1. The highest BCUT2D eigenvalue weighted by Crippen LogP contribution is 2.28. The lowest BCUT2D eigenvalue weighted by atomic mass is 9.99. The number of nitrogens with one attached hydrogen (secondary N) is 1. The summed E-state index contributed by atoms with van der Waals surface area (Å²) in [6.45, 7) is 5.08. The van der Waals surface area contributed by atoms with Crippen molar-refractivity contribution in [2.75, 3.05) is 6.54 Å². The van der Waals surface area contributed by atoms with E-state index in [1.54, 1.807) is 18.5 Å². The lowest BCUT2D eigenvalue weighted by Gasteiger charge is -2.14. The molecule has 0 spiro atoms. The number of pyridine rings is 1. The van der Waals surface area contributed by atoms with E-state index >= 15 is 0 Å². The summed E-state index contributed by atoms with van der Waals surface area (Å²) in [4.78, 5) is 14.6. The van der Waals surface area contributed by atoms with Crippen LogP contribution < -0.4 is 5.32 Å². The van der Waals surface area contributed by atoms with Gasteiger partial charge in [-0.3, -0.25) is 15.1 Å². The largest absolute Gasteiger partial charge is 0.314 e. The second-order valence-electron chi connectivity index (χ2n) is 4.59. The SMILES string of the molecule is CCNC(C)Cc1ccc([N+](=O)[O-])c2cnccc12. The molecule has 1 unspecified atom stereocenters. The van der Waals surface area contributed by atoms with Gasteiger partial charge < -0.3 is 5.32 Å². The molecular formula is C14H17N3O2. The zero-order valence-corrected chi connectivity index (χ0v) is 11.1. The van der Waals surface area contributed by atoms with Crippen LogP contribution >= 0.6 is 0 Å². The zero-order chi connectivity index (χ0) is 13.8. The molecule has 5 heteroatoms. The van der Waals surface area contributed by atoms with Gasteiger partial charge in [-0.05, 0) is 36.9 Å². The molecule has 1 aromatic carbocycles. The predicted octanol–water partition coefficient (Wildman–Crippen LogP) is 2.68. The number of non-ortho nitro benzene ring substituents is 1. The molecule has 0 amide bonds. The summed E-state index contributed by atoms with van der Waals surface area (Å²) in [6.07, 6.45) is 4.08. The van der Waals surface area contributed by atoms with Crippen molar-refractivity contribution in [3.8, 4) is 0 Å². The van der Waals surface area contributed by atoms with Crippen LogP contribution in [-0.4, -0.2) is 22.5 Å². The van der Waals surface area contributed by atoms with Crippen LogP contribution in [0.15, 0.2) is 30.6 Å². The van der Waals surface area contributed by atoms with Gasteiger partial charge >= 0.3 is 0 Å². The molecule has 1 atom stereocenters. The van der Waals surface area contributed by atoms with Gasteiger partial charge in [-0.2, -0.15) is 0 Å². The normalized spacial score (nSPS) is 12.5. The Kier molecular flexibility index (Phi) is 4.06. The van der Waals surface area contributed by atoms with E-state index in [4.69, 9.17) is 0 Å². The van der Waals surface area contributed by atoms with Crippen molar-refractivity contribution in [3.05, 3.63) is 46.3 Å². The van der Waals surface area contributed by atoms with E-state index in [-0.39, 0.29) is 10.6 Å². The average Bonchev–Trinajstić information content (AvgIpc) is 2.39. The van der Waals surface area contributed by atoms with Crippen LogP contribution in [0.1, 0.15) is 19.4 Å².